The summed E-state index contributed by atoms with van der Waals surface area (Å²) >= 11 is 0. The van der Waals surface area contributed by atoms with Crippen LogP contribution in [0.25, 0.3) is 10.8 Å². The number of nitrogens with zero attached hydrogens (tertiary/aromatic N) is 1. The Morgan fingerprint density at radius 3 is 3.21 bits per heavy atom. The van der Waals surface area contributed by atoms with Crippen LogP contribution in [-0.2, 0) is 9.53 Å². The topological polar surface area (TPSA) is 63.2 Å². The summed E-state index contributed by atoms with van der Waals surface area (Å²) < 4.78 is 5.30. The summed E-state index contributed by atoms with van der Waals surface area (Å²) in [7, 11) is 0. The lowest BCUT2D eigenvalue weighted by Crippen LogP contribution is -2.48. The second kappa shape index (κ2) is 5.34. The first-order valence-electron chi connectivity index (χ1n) is 6.29. The van der Waals surface area contributed by atoms with E-state index in [2.05, 4.69) is 15.6 Å². The smallest absolute Gasteiger partial charge is 0.243 e. The van der Waals surface area contributed by atoms with Gasteiger partial charge in [-0.2, -0.15) is 0 Å². The number of benzene rings is 1. The predicted molar refractivity (Wildman–Crippen MR) is 73.0 cm³/mol. The summed E-state index contributed by atoms with van der Waals surface area (Å²) in [6.07, 6.45) is 3.51. The molecule has 0 saturated carbocycles. The van der Waals surface area contributed by atoms with Crippen LogP contribution in [0.5, 0.6) is 0 Å². The van der Waals surface area contributed by atoms with E-state index in [0.29, 0.717) is 19.8 Å². The zero-order chi connectivity index (χ0) is 13.1. The number of carbonyl (C=O) groups excluding carboxylic acids is 1. The summed E-state index contributed by atoms with van der Waals surface area (Å²) in [4.78, 5) is 16.2. The van der Waals surface area contributed by atoms with Crippen molar-refractivity contribution in [1.29, 1.82) is 0 Å². The molecule has 5 heteroatoms. The molecular formula is C14H15N3O2. The van der Waals surface area contributed by atoms with Crippen LogP contribution in [0.1, 0.15) is 0 Å². The number of nitrogens with one attached hydrogen (secondary N) is 2. The van der Waals surface area contributed by atoms with Crippen molar-refractivity contribution in [2.75, 3.05) is 25.1 Å². The molecule has 0 bridgehead atoms. The number of morpholine rings is 1. The van der Waals surface area contributed by atoms with E-state index in [9.17, 15) is 4.79 Å². The van der Waals surface area contributed by atoms with Gasteiger partial charge in [-0.25, -0.2) is 0 Å². The van der Waals surface area contributed by atoms with Gasteiger partial charge in [-0.1, -0.05) is 12.1 Å². The lowest BCUT2D eigenvalue weighted by Gasteiger charge is -2.23. The van der Waals surface area contributed by atoms with Crippen LogP contribution in [-0.4, -0.2) is 36.7 Å². The minimum atomic E-state index is -0.286. The second-order valence-electron chi connectivity index (χ2n) is 4.47. The van der Waals surface area contributed by atoms with E-state index in [0.717, 1.165) is 16.5 Å². The average molecular weight is 257 g/mol. The van der Waals surface area contributed by atoms with Crippen molar-refractivity contribution in [1.82, 2.24) is 10.3 Å². The molecule has 1 fully saturated rings. The lowest BCUT2D eigenvalue weighted by molar-refractivity contribution is -0.120. The van der Waals surface area contributed by atoms with Crippen molar-refractivity contribution in [2.45, 2.75) is 6.04 Å². The van der Waals surface area contributed by atoms with E-state index >= 15 is 0 Å². The predicted octanol–water partition coefficient (Wildman–Crippen LogP) is 1.16. The summed E-state index contributed by atoms with van der Waals surface area (Å²) in [6.45, 7) is 1.78. The average Bonchev–Trinajstić information content (AvgIpc) is 2.48. The highest BCUT2D eigenvalue weighted by atomic mass is 16.5. The molecule has 2 heterocycles. The number of aromatic nitrogens is 1. The van der Waals surface area contributed by atoms with Crippen LogP contribution in [0.15, 0.2) is 36.7 Å². The van der Waals surface area contributed by atoms with Crippen molar-refractivity contribution in [2.24, 2.45) is 0 Å². The molecule has 19 heavy (non-hydrogen) atoms. The third-order valence-corrected chi connectivity index (χ3v) is 3.18. The van der Waals surface area contributed by atoms with Crippen LogP contribution >= 0.6 is 0 Å². The molecule has 1 atom stereocenters. The molecular weight excluding hydrogens is 242 g/mol. The maximum Gasteiger partial charge on any atom is 0.243 e. The molecule has 3 rings (SSSR count). The maximum atomic E-state index is 12.1. The van der Waals surface area contributed by atoms with E-state index in [1.807, 2.05) is 24.3 Å². The highest BCUT2D eigenvalue weighted by Crippen LogP contribution is 2.22. The fourth-order valence-corrected chi connectivity index (χ4v) is 2.19. The van der Waals surface area contributed by atoms with Crippen LogP contribution in [0.4, 0.5) is 5.69 Å². The van der Waals surface area contributed by atoms with Gasteiger partial charge >= 0.3 is 0 Å². The van der Waals surface area contributed by atoms with Gasteiger partial charge in [-0.3, -0.25) is 9.78 Å². The van der Waals surface area contributed by atoms with Crippen LogP contribution in [0, 0.1) is 0 Å². The van der Waals surface area contributed by atoms with Crippen molar-refractivity contribution in [3.05, 3.63) is 36.7 Å². The summed E-state index contributed by atoms with van der Waals surface area (Å²) in [6, 6.07) is 7.38. The number of carbonyl (C=O) groups is 1. The highest BCUT2D eigenvalue weighted by molar-refractivity contribution is 6.03. The normalized spacial score (nSPS) is 19.3. The molecule has 2 aromatic rings. The number of hydrogen-bond donors (Lipinski definition) is 2. The van der Waals surface area contributed by atoms with E-state index in [1.54, 1.807) is 12.4 Å². The van der Waals surface area contributed by atoms with E-state index < -0.39 is 0 Å². The Hall–Kier alpha value is -1.98. The van der Waals surface area contributed by atoms with Gasteiger partial charge in [0.15, 0.2) is 0 Å². The van der Waals surface area contributed by atoms with Crippen molar-refractivity contribution in [3.8, 4) is 0 Å². The maximum absolute atomic E-state index is 12.1. The Bertz CT molecular complexity index is 589. The third-order valence-electron chi connectivity index (χ3n) is 3.18. The summed E-state index contributed by atoms with van der Waals surface area (Å²) in [5.41, 5.74) is 0.803. The van der Waals surface area contributed by atoms with Crippen molar-refractivity contribution >= 4 is 22.4 Å². The largest absolute Gasteiger partial charge is 0.378 e. The van der Waals surface area contributed by atoms with Gasteiger partial charge < -0.3 is 15.4 Å². The number of hydrogen-bond acceptors (Lipinski definition) is 4. The van der Waals surface area contributed by atoms with Gasteiger partial charge in [-0.05, 0) is 12.1 Å². The molecule has 5 nitrogen and oxygen atoms in total. The van der Waals surface area contributed by atoms with Gasteiger partial charge in [0.1, 0.15) is 6.04 Å². The monoisotopic (exact) mass is 257 g/mol. The molecule has 1 aliphatic rings. The Kier molecular flexibility index (Phi) is 3.39. The van der Waals surface area contributed by atoms with Gasteiger partial charge in [0.05, 0.1) is 13.2 Å². The fraction of sp³-hybridized carbons (Fsp3) is 0.286. The third kappa shape index (κ3) is 2.57. The zero-order valence-electron chi connectivity index (χ0n) is 10.4. The van der Waals surface area contributed by atoms with Gasteiger partial charge in [0, 0.05) is 35.4 Å². The molecule has 0 spiro atoms. The Balaban J connectivity index is 1.82. The second-order valence-corrected chi connectivity index (χ2v) is 4.47. The molecule has 1 amide bonds. The van der Waals surface area contributed by atoms with Gasteiger partial charge in [0.25, 0.3) is 0 Å². The lowest BCUT2D eigenvalue weighted by atomic mass is 10.1. The van der Waals surface area contributed by atoms with Crippen molar-refractivity contribution in [3.63, 3.8) is 0 Å². The Morgan fingerprint density at radius 1 is 1.42 bits per heavy atom. The summed E-state index contributed by atoms with van der Waals surface area (Å²) in [5, 5.41) is 8.08. The number of ether oxygens (including phenoxy) is 1. The minimum Gasteiger partial charge on any atom is -0.378 e. The standard InChI is InChI=1S/C14H15N3O2/c18-14(13-9-19-7-6-16-13)17-12-3-1-2-10-8-15-5-4-11(10)12/h1-5,8,13,16H,6-7,9H2,(H,17,18). The first kappa shape index (κ1) is 12.1. The number of anilines is 1. The Labute approximate surface area is 111 Å². The SMILES string of the molecule is O=C(Nc1cccc2cnccc12)C1COCCN1. The molecule has 0 aliphatic carbocycles. The fourth-order valence-electron chi connectivity index (χ4n) is 2.19. The quantitative estimate of drug-likeness (QED) is 0.847. The van der Waals surface area contributed by atoms with E-state index in [4.69, 9.17) is 4.74 Å². The Morgan fingerprint density at radius 2 is 2.37 bits per heavy atom. The number of pyridine rings is 1. The summed E-state index contributed by atoms with van der Waals surface area (Å²) in [5.74, 6) is -0.0657. The molecule has 0 radical (unpaired) electrons. The number of rotatable bonds is 2. The minimum absolute atomic E-state index is 0.0657. The first-order chi connectivity index (χ1) is 9.34. The van der Waals surface area contributed by atoms with Crippen molar-refractivity contribution < 1.29 is 9.53 Å². The van der Waals surface area contributed by atoms with E-state index in [1.165, 1.54) is 0 Å². The molecule has 1 aliphatic heterocycles. The van der Waals surface area contributed by atoms with E-state index in [-0.39, 0.29) is 11.9 Å². The van der Waals surface area contributed by atoms with Crippen LogP contribution in [0.3, 0.4) is 0 Å². The van der Waals surface area contributed by atoms with Gasteiger partial charge in [-0.15, -0.1) is 0 Å². The molecule has 1 unspecified atom stereocenters. The zero-order valence-corrected chi connectivity index (χ0v) is 10.4. The molecule has 1 aromatic heterocycles. The van der Waals surface area contributed by atoms with Crippen LogP contribution < -0.4 is 10.6 Å². The number of amides is 1. The van der Waals surface area contributed by atoms with Gasteiger partial charge in [0.2, 0.25) is 5.91 Å². The molecule has 2 N–H and O–H groups in total. The highest BCUT2D eigenvalue weighted by Gasteiger charge is 2.21. The molecule has 1 saturated heterocycles. The molecule has 98 valence electrons. The first-order valence-corrected chi connectivity index (χ1v) is 6.29. The van der Waals surface area contributed by atoms with Crippen LogP contribution in [0.2, 0.25) is 0 Å². The number of fused-ring (bicyclic) bond motifs is 1. The molecule has 1 aromatic carbocycles.